The molecule has 0 aromatic heterocycles. The van der Waals surface area contributed by atoms with E-state index in [1.165, 1.54) is 0 Å². The van der Waals surface area contributed by atoms with E-state index < -0.39 is 23.8 Å². The summed E-state index contributed by atoms with van der Waals surface area (Å²) in [5, 5.41) is 2.62. The average Bonchev–Trinajstić information content (AvgIpc) is 3.86. The number of nitrogens with one attached hydrogen (secondary N) is 1. The van der Waals surface area contributed by atoms with Gasteiger partial charge in [-0.1, -0.05) is 17.7 Å². The molecule has 5 fully saturated rings. The first-order valence-electron chi connectivity index (χ1n) is 20.0. The summed E-state index contributed by atoms with van der Waals surface area (Å²) >= 11 is 6.25. The van der Waals surface area contributed by atoms with Gasteiger partial charge in [-0.2, -0.15) is 0 Å². The minimum absolute atomic E-state index is 0.0124. The van der Waals surface area contributed by atoms with Crippen molar-refractivity contribution in [3.05, 3.63) is 93.8 Å². The maximum Gasteiger partial charge on any atom is 0.262 e. The Labute approximate surface area is 336 Å². The third-order valence-corrected chi connectivity index (χ3v) is 13.2. The standard InChI is InChI=1S/C43H44ClN7O6/c1-45-35-10-8-31(23-34(35)44)57-39-28-4-11-36(39)50(25-28)41(54)27-2-5-29(6-3-27)49-20-18-47(19-21-49)24-26-14-16-48(17-15-26)30-7-9-32-33(22-30)43(56)51(42(32)55)37-12-13-38(52)46-40(37)53/h2-3,5-10,22-23,26,28,36-37,39H,4,11-21,24-25H2,(H,46,52,53). The Hall–Kier alpha value is -5.45. The predicted octanol–water partition coefficient (Wildman–Crippen LogP) is 5.01. The third-order valence-electron chi connectivity index (χ3n) is 12.9. The molecule has 14 heteroatoms. The lowest BCUT2D eigenvalue weighted by Gasteiger charge is -2.40. The number of anilines is 2. The highest BCUT2D eigenvalue weighted by atomic mass is 35.5. The van der Waals surface area contributed by atoms with E-state index in [1.54, 1.807) is 30.3 Å². The predicted molar refractivity (Wildman–Crippen MR) is 213 cm³/mol. The molecule has 3 aromatic carbocycles. The Balaban J connectivity index is 0.737. The van der Waals surface area contributed by atoms with Crippen molar-refractivity contribution >= 4 is 58.2 Å². The van der Waals surface area contributed by atoms with Crippen LogP contribution in [0.15, 0.2) is 60.7 Å². The van der Waals surface area contributed by atoms with Crippen LogP contribution in [0.25, 0.3) is 4.85 Å². The van der Waals surface area contributed by atoms with E-state index in [9.17, 15) is 24.0 Å². The molecule has 6 aliphatic rings. The van der Waals surface area contributed by atoms with Gasteiger partial charge < -0.3 is 19.4 Å². The molecule has 1 aliphatic carbocycles. The number of carbonyl (C=O) groups is 5. The van der Waals surface area contributed by atoms with Gasteiger partial charge >= 0.3 is 0 Å². The highest BCUT2D eigenvalue weighted by Crippen LogP contribution is 2.42. The van der Waals surface area contributed by atoms with Crippen LogP contribution in [-0.2, 0) is 9.59 Å². The van der Waals surface area contributed by atoms with Gasteiger partial charge in [0.15, 0.2) is 0 Å². The zero-order chi connectivity index (χ0) is 39.4. The molecule has 2 bridgehead atoms. The fraction of sp³-hybridized carbons (Fsp3) is 0.442. The van der Waals surface area contributed by atoms with Crippen molar-refractivity contribution in [2.45, 2.75) is 56.7 Å². The van der Waals surface area contributed by atoms with E-state index >= 15 is 0 Å². The fourth-order valence-electron chi connectivity index (χ4n) is 9.72. The van der Waals surface area contributed by atoms with Crippen LogP contribution in [0.1, 0.15) is 69.6 Å². The summed E-state index contributed by atoms with van der Waals surface area (Å²) in [5.41, 5.74) is 3.72. The Kier molecular flexibility index (Phi) is 9.86. The van der Waals surface area contributed by atoms with Crippen molar-refractivity contribution in [3.63, 3.8) is 0 Å². The summed E-state index contributed by atoms with van der Waals surface area (Å²) in [6, 6.07) is 17.6. The third kappa shape index (κ3) is 6.99. The lowest BCUT2D eigenvalue weighted by Crippen LogP contribution is -2.54. The number of likely N-dealkylation sites (tertiary alicyclic amines) is 1. The largest absolute Gasteiger partial charge is 0.488 e. The van der Waals surface area contributed by atoms with Crippen LogP contribution >= 0.6 is 11.6 Å². The Morgan fingerprint density at radius 3 is 2.25 bits per heavy atom. The number of imide groups is 2. The molecular weight excluding hydrogens is 746 g/mol. The number of rotatable bonds is 8. The average molecular weight is 790 g/mol. The van der Waals surface area contributed by atoms with E-state index in [1.807, 2.05) is 23.1 Å². The van der Waals surface area contributed by atoms with Gasteiger partial charge in [0.1, 0.15) is 17.9 Å². The Bertz CT molecular complexity index is 2170. The van der Waals surface area contributed by atoms with Gasteiger partial charge in [0.25, 0.3) is 17.7 Å². The Morgan fingerprint density at radius 1 is 0.807 bits per heavy atom. The van der Waals surface area contributed by atoms with Crippen LogP contribution in [0.5, 0.6) is 5.75 Å². The molecule has 1 saturated carbocycles. The van der Waals surface area contributed by atoms with E-state index in [0.717, 1.165) is 87.8 Å². The number of fused-ring (bicyclic) bond motifs is 3. The maximum atomic E-state index is 13.7. The summed E-state index contributed by atoms with van der Waals surface area (Å²) < 4.78 is 6.35. The van der Waals surface area contributed by atoms with Crippen molar-refractivity contribution < 1.29 is 28.7 Å². The lowest BCUT2D eigenvalue weighted by molar-refractivity contribution is -0.136. The monoisotopic (exact) mass is 789 g/mol. The molecule has 5 heterocycles. The second-order valence-electron chi connectivity index (χ2n) is 16.1. The molecule has 4 saturated heterocycles. The molecule has 5 aliphatic heterocycles. The van der Waals surface area contributed by atoms with Gasteiger partial charge in [0.05, 0.1) is 28.8 Å². The molecule has 9 rings (SSSR count). The van der Waals surface area contributed by atoms with Crippen LogP contribution in [-0.4, -0.2) is 115 Å². The van der Waals surface area contributed by atoms with Crippen molar-refractivity contribution in [2.75, 3.05) is 62.2 Å². The molecule has 0 radical (unpaired) electrons. The molecule has 3 aromatic rings. The topological polar surface area (TPSA) is 127 Å². The lowest BCUT2D eigenvalue weighted by atomic mass is 9.95. The first kappa shape index (κ1) is 37.1. The number of hydrogen-bond donors (Lipinski definition) is 1. The van der Waals surface area contributed by atoms with Gasteiger partial charge in [-0.3, -0.25) is 39.1 Å². The van der Waals surface area contributed by atoms with Crippen molar-refractivity contribution in [3.8, 4) is 5.75 Å². The van der Waals surface area contributed by atoms with Crippen molar-refractivity contribution in [2.24, 2.45) is 11.8 Å². The second-order valence-corrected chi connectivity index (χ2v) is 16.5. The Morgan fingerprint density at radius 2 is 1.53 bits per heavy atom. The summed E-state index contributed by atoms with van der Waals surface area (Å²) in [5.74, 6) is -0.454. The molecule has 0 spiro atoms. The number of hydrogen-bond acceptors (Lipinski definition) is 9. The SMILES string of the molecule is [C-]#[N+]c1ccc(OC2C3CCC2N(C(=O)c2ccc(N4CCN(CC5CCN(c6ccc7c(c6)C(=O)N(C6CCC(=O)NC6=O)C7=O)CC5)CC4)cc2)C3)cc1Cl. The summed E-state index contributed by atoms with van der Waals surface area (Å²) in [4.78, 5) is 77.8. The molecule has 13 nitrogen and oxygen atoms in total. The number of nitrogens with zero attached hydrogens (tertiary/aromatic N) is 6. The number of ether oxygens (including phenoxy) is 1. The molecule has 294 valence electrons. The first-order valence-corrected chi connectivity index (χ1v) is 20.4. The summed E-state index contributed by atoms with van der Waals surface area (Å²) in [7, 11) is 0. The van der Waals surface area contributed by atoms with Gasteiger partial charge in [-0.25, -0.2) is 4.85 Å². The van der Waals surface area contributed by atoms with Crippen LogP contribution in [0.3, 0.4) is 0 Å². The van der Waals surface area contributed by atoms with Crippen molar-refractivity contribution in [1.29, 1.82) is 0 Å². The van der Waals surface area contributed by atoms with Gasteiger partial charge in [-0.15, -0.1) is 0 Å². The molecular formula is C43H44ClN7O6. The number of piperazine rings is 1. The number of halogens is 1. The van der Waals surface area contributed by atoms with Gasteiger partial charge in [-0.05, 0) is 92.6 Å². The number of carbonyl (C=O) groups excluding carboxylic acids is 5. The highest BCUT2D eigenvalue weighted by Gasteiger charge is 2.50. The van der Waals surface area contributed by atoms with Crippen LogP contribution in [0.4, 0.5) is 17.1 Å². The quantitative estimate of drug-likeness (QED) is 0.248. The normalized spacial score (nSPS) is 25.2. The first-order chi connectivity index (χ1) is 27.6. The van der Waals surface area contributed by atoms with E-state index in [4.69, 9.17) is 22.9 Å². The van der Waals surface area contributed by atoms with Gasteiger partial charge in [0, 0.05) is 81.6 Å². The van der Waals surface area contributed by atoms with Gasteiger partial charge in [0.2, 0.25) is 17.5 Å². The highest BCUT2D eigenvalue weighted by molar-refractivity contribution is 6.33. The van der Waals surface area contributed by atoms with Crippen LogP contribution in [0, 0.1) is 18.4 Å². The summed E-state index contributed by atoms with van der Waals surface area (Å²) in [6.45, 7) is 14.4. The summed E-state index contributed by atoms with van der Waals surface area (Å²) in [6.07, 6.45) is 4.13. The second kappa shape index (κ2) is 15.1. The van der Waals surface area contributed by atoms with E-state index in [2.05, 4.69) is 37.0 Å². The molecule has 4 atom stereocenters. The van der Waals surface area contributed by atoms with E-state index in [-0.39, 0.29) is 42.7 Å². The smallest absolute Gasteiger partial charge is 0.262 e. The zero-order valence-electron chi connectivity index (χ0n) is 31.6. The molecule has 57 heavy (non-hydrogen) atoms. The molecule has 4 unspecified atom stereocenters. The van der Waals surface area contributed by atoms with Crippen molar-refractivity contribution in [1.82, 2.24) is 20.0 Å². The minimum atomic E-state index is -0.969. The number of amides is 5. The van der Waals surface area contributed by atoms with Crippen LogP contribution in [0.2, 0.25) is 5.02 Å². The number of benzene rings is 3. The number of piperidine rings is 3. The molecule has 1 N–H and O–H groups in total. The zero-order valence-corrected chi connectivity index (χ0v) is 32.3. The van der Waals surface area contributed by atoms with E-state index in [0.29, 0.717) is 45.6 Å². The van der Waals surface area contributed by atoms with Crippen LogP contribution < -0.4 is 19.9 Å². The maximum absolute atomic E-state index is 13.7. The fourth-order valence-corrected chi connectivity index (χ4v) is 9.94. The molecule has 5 amide bonds. The minimum Gasteiger partial charge on any atom is -0.488 e.